The van der Waals surface area contributed by atoms with Gasteiger partial charge in [-0.3, -0.25) is 4.57 Å². The van der Waals surface area contributed by atoms with E-state index in [0.29, 0.717) is 22.4 Å². The molecule has 3 atom stereocenters. The molecule has 0 radical (unpaired) electrons. The van der Waals surface area contributed by atoms with Gasteiger partial charge in [0.2, 0.25) is 11.8 Å². The second kappa shape index (κ2) is 8.60. The van der Waals surface area contributed by atoms with Gasteiger partial charge in [-0.2, -0.15) is 5.26 Å². The first-order chi connectivity index (χ1) is 15.9. The number of terminal acetylenes is 1. The Morgan fingerprint density at radius 1 is 1.14 bits per heavy atom. The van der Waals surface area contributed by atoms with E-state index in [0.717, 1.165) is 0 Å². The van der Waals surface area contributed by atoms with Crippen LogP contribution in [0.15, 0.2) is 31.1 Å². The first-order valence-corrected chi connectivity index (χ1v) is 17.7. The van der Waals surface area contributed by atoms with Gasteiger partial charge in [0, 0.05) is 12.4 Å². The summed E-state index contributed by atoms with van der Waals surface area (Å²) in [7, 11) is -4.75. The van der Waals surface area contributed by atoms with E-state index >= 15 is 0 Å². The van der Waals surface area contributed by atoms with Crippen molar-refractivity contribution in [2.45, 2.75) is 95.7 Å². The normalized spacial score (nSPS) is 23.7. The zero-order valence-corrected chi connectivity index (χ0v) is 24.7. The van der Waals surface area contributed by atoms with Gasteiger partial charge in [-0.1, -0.05) is 54.0 Å². The lowest BCUT2D eigenvalue weighted by molar-refractivity contribution is -0.0502. The summed E-state index contributed by atoms with van der Waals surface area (Å²) < 4.78 is 22.1. The topological polar surface area (TPSA) is 82.2 Å². The lowest BCUT2D eigenvalue weighted by Crippen LogP contribution is -2.59. The van der Waals surface area contributed by atoms with Gasteiger partial charge in [-0.05, 0) is 36.3 Å². The molecule has 0 aromatic carbocycles. The predicted molar refractivity (Wildman–Crippen MR) is 143 cm³/mol. The van der Waals surface area contributed by atoms with Crippen molar-refractivity contribution in [3.05, 3.63) is 36.6 Å². The van der Waals surface area contributed by atoms with Crippen LogP contribution in [0.3, 0.4) is 0 Å². The highest BCUT2D eigenvalue weighted by Crippen LogP contribution is 2.52. The summed E-state index contributed by atoms with van der Waals surface area (Å²) in [5.41, 5.74) is -0.332. The van der Waals surface area contributed by atoms with E-state index in [-0.39, 0.29) is 10.1 Å². The number of rotatable bonds is 5. The fraction of sp³-hybridized carbons (Fsp3) is 0.577. The maximum absolute atomic E-state index is 9.76. The minimum Gasteiger partial charge on any atom is -0.468 e. The molecular formula is C26H38N4O3Si2. The van der Waals surface area contributed by atoms with Gasteiger partial charge >= 0.3 is 0 Å². The molecule has 1 saturated heterocycles. The van der Waals surface area contributed by atoms with Gasteiger partial charge in [-0.15, -0.1) is 6.42 Å². The Morgan fingerprint density at radius 2 is 1.74 bits per heavy atom. The maximum Gasteiger partial charge on any atom is 0.219 e. The van der Waals surface area contributed by atoms with Crippen LogP contribution < -0.4 is 0 Å². The summed E-state index contributed by atoms with van der Waals surface area (Å²) in [5, 5.41) is 10.2. The Balaban J connectivity index is 2.28. The Labute approximate surface area is 211 Å². The molecule has 2 aromatic heterocycles. The van der Waals surface area contributed by atoms with E-state index in [1.807, 2.05) is 0 Å². The molecule has 35 heavy (non-hydrogen) atoms. The second-order valence-electron chi connectivity index (χ2n) is 12.3. The molecule has 0 unspecified atom stereocenters. The Hall–Kier alpha value is -2.44. The number of nitriles is 1. The lowest BCUT2D eigenvalue weighted by Gasteiger charge is -2.47. The summed E-state index contributed by atoms with van der Waals surface area (Å²) in [6.45, 7) is 25.9. The number of hydrogen-bond donors (Lipinski definition) is 0. The van der Waals surface area contributed by atoms with Crippen LogP contribution in [0.4, 0.5) is 0 Å². The third kappa shape index (κ3) is 4.47. The van der Waals surface area contributed by atoms with E-state index in [1.165, 1.54) is 6.33 Å². The minimum atomic E-state index is -2.44. The summed E-state index contributed by atoms with van der Waals surface area (Å²) in [5.74, 6) is 3.40. The van der Waals surface area contributed by atoms with Crippen LogP contribution >= 0.6 is 0 Å². The molecule has 1 aliphatic rings. The van der Waals surface area contributed by atoms with E-state index in [2.05, 4.69) is 96.3 Å². The van der Waals surface area contributed by atoms with Crippen LogP contribution in [-0.4, -0.2) is 42.9 Å². The fourth-order valence-electron chi connectivity index (χ4n) is 3.66. The monoisotopic (exact) mass is 510 g/mol. The smallest absolute Gasteiger partial charge is 0.219 e. The van der Waals surface area contributed by atoms with E-state index in [4.69, 9.17) is 20.0 Å². The van der Waals surface area contributed by atoms with Gasteiger partial charge in [0.25, 0.3) is 0 Å². The van der Waals surface area contributed by atoms with Crippen molar-refractivity contribution in [3.8, 4) is 18.4 Å². The van der Waals surface area contributed by atoms with Gasteiger partial charge in [0.05, 0.1) is 10.9 Å². The molecule has 3 heterocycles. The number of ether oxygens (including phenoxy) is 1. The highest BCUT2D eigenvalue weighted by Gasteiger charge is 2.62. The number of hydrogen-bond acceptors (Lipinski definition) is 6. The molecule has 0 N–H and O–H groups in total. The van der Waals surface area contributed by atoms with Crippen LogP contribution in [0.1, 0.15) is 53.3 Å². The molecule has 9 heteroatoms. The average molecular weight is 511 g/mol. The molecule has 3 rings (SSSR count). The summed E-state index contributed by atoms with van der Waals surface area (Å²) >= 11 is 0. The highest BCUT2D eigenvalue weighted by molar-refractivity contribution is 6.74. The van der Waals surface area contributed by atoms with E-state index in [1.54, 1.807) is 17.0 Å². The van der Waals surface area contributed by atoms with E-state index < -0.39 is 34.6 Å². The van der Waals surface area contributed by atoms with Gasteiger partial charge in [-0.25, -0.2) is 9.97 Å². The predicted octanol–water partition coefficient (Wildman–Crippen LogP) is 6.13. The Kier molecular flexibility index (Phi) is 6.67. The zero-order chi connectivity index (χ0) is 26.6. The molecule has 0 aliphatic carbocycles. The SMILES string of the molecule is C#C[C@@]1(O[Si](C)(C)C(C)(C)C)[C@H](O[Si](C)(C)C(C)(C)C)C(=C)O[C@H]1n1cc(C#N)c2cncnc21. The van der Waals surface area contributed by atoms with E-state index in [9.17, 15) is 5.26 Å². The molecule has 0 saturated carbocycles. The van der Waals surface area contributed by atoms with Crippen LogP contribution in [0.2, 0.25) is 36.3 Å². The fourth-order valence-corrected chi connectivity index (χ4v) is 6.33. The van der Waals surface area contributed by atoms with Crippen molar-refractivity contribution in [3.63, 3.8) is 0 Å². The van der Waals surface area contributed by atoms with Crippen LogP contribution in [0.5, 0.6) is 0 Å². The molecule has 1 fully saturated rings. The third-order valence-corrected chi connectivity index (χ3v) is 16.8. The summed E-state index contributed by atoms with van der Waals surface area (Å²) in [6.07, 6.45) is 9.63. The Bertz CT molecular complexity index is 1220. The van der Waals surface area contributed by atoms with Crippen molar-refractivity contribution in [2.75, 3.05) is 0 Å². The van der Waals surface area contributed by atoms with Gasteiger partial charge < -0.3 is 13.6 Å². The zero-order valence-electron chi connectivity index (χ0n) is 22.7. The minimum absolute atomic E-state index is 0.0654. The number of nitrogens with zero attached hydrogens (tertiary/aromatic N) is 4. The second-order valence-corrected chi connectivity index (χ2v) is 21.8. The standard InChI is InChI=1S/C26H38N4O3Si2/c1-13-26(33-35(11,12)25(6,7)8)21(32-34(9,10)24(3,4)5)18(2)31-23(26)30-16-19(14-27)20-15-28-17-29-22(20)30/h1,15-17,21,23H,2H2,3-12H3/t21-,23-,26-/m1/s1. The quantitative estimate of drug-likeness (QED) is 0.355. The molecule has 188 valence electrons. The van der Waals surface area contributed by atoms with Crippen molar-refractivity contribution in [2.24, 2.45) is 0 Å². The lowest BCUT2D eigenvalue weighted by atomic mass is 9.97. The first-order valence-electron chi connectivity index (χ1n) is 11.8. The number of fused-ring (bicyclic) bond motifs is 1. The van der Waals surface area contributed by atoms with Crippen molar-refractivity contribution in [1.82, 2.24) is 14.5 Å². The molecule has 0 spiro atoms. The molecule has 0 bridgehead atoms. The van der Waals surface area contributed by atoms with Crippen molar-refractivity contribution < 1.29 is 13.6 Å². The van der Waals surface area contributed by atoms with Crippen molar-refractivity contribution in [1.29, 1.82) is 5.26 Å². The summed E-state index contributed by atoms with van der Waals surface area (Å²) in [6, 6.07) is 2.23. The molecular weight excluding hydrogens is 472 g/mol. The molecule has 7 nitrogen and oxygen atoms in total. The van der Waals surface area contributed by atoms with Gasteiger partial charge in [0.1, 0.15) is 29.9 Å². The third-order valence-electron chi connectivity index (χ3n) is 7.85. The average Bonchev–Trinajstić information content (AvgIpc) is 3.22. The summed E-state index contributed by atoms with van der Waals surface area (Å²) in [4.78, 5) is 8.55. The number of aromatic nitrogens is 3. The van der Waals surface area contributed by atoms with Crippen LogP contribution in [-0.2, 0) is 13.6 Å². The Morgan fingerprint density at radius 3 is 2.26 bits per heavy atom. The highest BCUT2D eigenvalue weighted by atomic mass is 28.4. The molecule has 2 aromatic rings. The molecule has 1 aliphatic heterocycles. The van der Waals surface area contributed by atoms with Gasteiger partial charge in [0.15, 0.2) is 16.6 Å². The first kappa shape index (κ1) is 27.2. The largest absolute Gasteiger partial charge is 0.468 e. The van der Waals surface area contributed by atoms with Crippen molar-refractivity contribution >= 4 is 27.7 Å². The maximum atomic E-state index is 9.76. The van der Waals surface area contributed by atoms with Crippen LogP contribution in [0.25, 0.3) is 11.0 Å². The van der Waals surface area contributed by atoms with Crippen LogP contribution in [0, 0.1) is 23.7 Å². The molecule has 0 amide bonds.